The van der Waals surface area contributed by atoms with Crippen LogP contribution in [-0.4, -0.2) is 73.7 Å². The lowest BCUT2D eigenvalue weighted by atomic mass is 9.90. The molecule has 25 heavy (non-hydrogen) atoms. The van der Waals surface area contributed by atoms with Crippen molar-refractivity contribution < 1.29 is 9.53 Å². The quantitative estimate of drug-likeness (QED) is 0.843. The van der Waals surface area contributed by atoms with Gasteiger partial charge in [-0.2, -0.15) is 0 Å². The minimum Gasteiger partial charge on any atom is -0.373 e. The Balaban J connectivity index is 1.23. The van der Waals surface area contributed by atoms with Gasteiger partial charge >= 0.3 is 0 Å². The largest absolute Gasteiger partial charge is 0.373 e. The van der Waals surface area contributed by atoms with Gasteiger partial charge in [0.1, 0.15) is 0 Å². The molecule has 3 atom stereocenters. The molecule has 0 bridgehead atoms. The maximum Gasteiger partial charge on any atom is 0.226 e. The molecule has 0 radical (unpaired) electrons. The Morgan fingerprint density at radius 1 is 1.12 bits per heavy atom. The van der Waals surface area contributed by atoms with E-state index >= 15 is 0 Å². The third-order valence-electron chi connectivity index (χ3n) is 7.02. The summed E-state index contributed by atoms with van der Waals surface area (Å²) in [4.78, 5) is 17.7. The highest BCUT2D eigenvalue weighted by molar-refractivity contribution is 5.82. The summed E-state index contributed by atoms with van der Waals surface area (Å²) in [7, 11) is 0. The first-order chi connectivity index (χ1) is 12.1. The van der Waals surface area contributed by atoms with E-state index < -0.39 is 0 Å². The second kappa shape index (κ2) is 7.16. The van der Waals surface area contributed by atoms with E-state index in [2.05, 4.69) is 29.0 Å². The summed E-state index contributed by atoms with van der Waals surface area (Å²) in [5, 5.41) is 3.43. The third-order valence-corrected chi connectivity index (χ3v) is 7.02. The highest BCUT2D eigenvalue weighted by Gasteiger charge is 2.58. The van der Waals surface area contributed by atoms with Crippen LogP contribution < -0.4 is 5.32 Å². The molecule has 3 aliphatic heterocycles. The summed E-state index contributed by atoms with van der Waals surface area (Å²) >= 11 is 0. The number of rotatable bonds is 3. The summed E-state index contributed by atoms with van der Waals surface area (Å²) in [6.07, 6.45) is 6.60. The monoisotopic (exact) mass is 349 g/mol. The SMILES string of the molecule is CC1CN(CC2CCN(C(=O)C3CC34CCNCC4)CC2)CC(C)O1. The van der Waals surface area contributed by atoms with E-state index in [1.165, 1.54) is 32.2 Å². The van der Waals surface area contributed by atoms with Crippen LogP contribution in [-0.2, 0) is 9.53 Å². The molecule has 4 rings (SSSR count). The van der Waals surface area contributed by atoms with Crippen LogP contribution >= 0.6 is 0 Å². The normalized spacial score (nSPS) is 36.6. The Morgan fingerprint density at radius 2 is 1.76 bits per heavy atom. The van der Waals surface area contributed by atoms with Gasteiger partial charge in [0.15, 0.2) is 0 Å². The van der Waals surface area contributed by atoms with Crippen LogP contribution in [0.5, 0.6) is 0 Å². The van der Waals surface area contributed by atoms with Crippen LogP contribution in [0.4, 0.5) is 0 Å². The van der Waals surface area contributed by atoms with Gasteiger partial charge in [0, 0.05) is 38.6 Å². The van der Waals surface area contributed by atoms with Gasteiger partial charge in [0.05, 0.1) is 12.2 Å². The molecule has 0 aromatic heterocycles. The number of likely N-dealkylation sites (tertiary alicyclic amines) is 1. The number of morpholine rings is 1. The van der Waals surface area contributed by atoms with Crippen LogP contribution in [0.1, 0.15) is 46.0 Å². The number of amides is 1. The van der Waals surface area contributed by atoms with Crippen molar-refractivity contribution in [1.82, 2.24) is 15.1 Å². The Labute approximate surface area is 152 Å². The molecule has 142 valence electrons. The molecule has 0 aromatic carbocycles. The molecule has 0 aromatic rings. The highest BCUT2D eigenvalue weighted by atomic mass is 16.5. The maximum absolute atomic E-state index is 12.9. The maximum atomic E-state index is 12.9. The van der Waals surface area contributed by atoms with Crippen molar-refractivity contribution in [2.45, 2.75) is 58.2 Å². The second-order valence-corrected chi connectivity index (χ2v) is 9.11. The average molecular weight is 350 g/mol. The van der Waals surface area contributed by atoms with Gasteiger partial charge in [0.25, 0.3) is 0 Å². The Hall–Kier alpha value is -0.650. The van der Waals surface area contributed by atoms with E-state index in [4.69, 9.17) is 4.74 Å². The average Bonchev–Trinajstić information content (AvgIpc) is 3.27. The molecule has 1 N–H and O–H groups in total. The summed E-state index contributed by atoms with van der Waals surface area (Å²) in [5.41, 5.74) is 0.374. The molecule has 1 aliphatic carbocycles. The summed E-state index contributed by atoms with van der Waals surface area (Å²) in [6.45, 7) is 11.8. The number of hydrogen-bond donors (Lipinski definition) is 1. The first-order valence-corrected chi connectivity index (χ1v) is 10.4. The fourth-order valence-corrected chi connectivity index (χ4v) is 5.53. The van der Waals surface area contributed by atoms with Crippen molar-refractivity contribution in [2.75, 3.05) is 45.8 Å². The van der Waals surface area contributed by atoms with Gasteiger partial charge in [-0.15, -0.1) is 0 Å². The lowest BCUT2D eigenvalue weighted by Gasteiger charge is -2.39. The zero-order chi connectivity index (χ0) is 17.4. The van der Waals surface area contributed by atoms with Gasteiger partial charge in [0.2, 0.25) is 5.91 Å². The van der Waals surface area contributed by atoms with Gasteiger partial charge in [-0.3, -0.25) is 9.69 Å². The van der Waals surface area contributed by atoms with E-state index in [1.54, 1.807) is 0 Å². The van der Waals surface area contributed by atoms with Gasteiger partial charge in [-0.05, 0) is 70.4 Å². The van der Waals surface area contributed by atoms with E-state index in [-0.39, 0.29) is 0 Å². The third kappa shape index (κ3) is 3.88. The van der Waals surface area contributed by atoms with Crippen molar-refractivity contribution in [1.29, 1.82) is 0 Å². The molecule has 5 nitrogen and oxygen atoms in total. The van der Waals surface area contributed by atoms with Crippen LogP contribution in [0.3, 0.4) is 0 Å². The Bertz CT molecular complexity index is 473. The van der Waals surface area contributed by atoms with Crippen molar-refractivity contribution in [3.8, 4) is 0 Å². The Morgan fingerprint density at radius 3 is 2.40 bits per heavy atom. The molecule has 3 heterocycles. The zero-order valence-corrected chi connectivity index (χ0v) is 16.0. The van der Waals surface area contributed by atoms with Gasteiger partial charge in [-0.1, -0.05) is 0 Å². The topological polar surface area (TPSA) is 44.8 Å². The second-order valence-electron chi connectivity index (χ2n) is 9.11. The Kier molecular flexibility index (Phi) is 5.09. The van der Waals surface area contributed by atoms with Gasteiger partial charge < -0.3 is 15.0 Å². The fraction of sp³-hybridized carbons (Fsp3) is 0.950. The first kappa shape index (κ1) is 17.7. The number of carbonyl (C=O) groups excluding carboxylic acids is 1. The van der Waals surface area contributed by atoms with Gasteiger partial charge in [-0.25, -0.2) is 0 Å². The van der Waals surface area contributed by atoms with Crippen molar-refractivity contribution in [3.63, 3.8) is 0 Å². The predicted octanol–water partition coefficient (Wildman–Crippen LogP) is 1.72. The number of ether oxygens (including phenoxy) is 1. The molecule has 1 spiro atoms. The number of nitrogens with zero attached hydrogens (tertiary/aromatic N) is 2. The number of carbonyl (C=O) groups is 1. The lowest BCUT2D eigenvalue weighted by Crippen LogP contribution is -2.49. The zero-order valence-electron chi connectivity index (χ0n) is 16.0. The highest BCUT2D eigenvalue weighted by Crippen LogP contribution is 2.59. The molecule has 1 amide bonds. The van der Waals surface area contributed by atoms with Crippen LogP contribution in [0.15, 0.2) is 0 Å². The lowest BCUT2D eigenvalue weighted by molar-refractivity contribution is -0.135. The molecule has 4 aliphatic rings. The predicted molar refractivity (Wildman–Crippen MR) is 98.4 cm³/mol. The molecular weight excluding hydrogens is 314 g/mol. The molecule has 4 fully saturated rings. The number of hydrogen-bond acceptors (Lipinski definition) is 4. The molecule has 5 heteroatoms. The molecule has 3 saturated heterocycles. The summed E-state index contributed by atoms with van der Waals surface area (Å²) in [6, 6.07) is 0. The van der Waals surface area contributed by atoms with E-state index in [0.29, 0.717) is 29.4 Å². The van der Waals surface area contributed by atoms with Crippen LogP contribution in [0.2, 0.25) is 0 Å². The fourth-order valence-electron chi connectivity index (χ4n) is 5.53. The van der Waals surface area contributed by atoms with E-state index in [1.807, 2.05) is 0 Å². The van der Waals surface area contributed by atoms with E-state index in [9.17, 15) is 4.79 Å². The molecule has 3 unspecified atom stereocenters. The smallest absolute Gasteiger partial charge is 0.226 e. The number of piperidine rings is 2. The minimum atomic E-state index is 0.340. The van der Waals surface area contributed by atoms with Crippen molar-refractivity contribution in [2.24, 2.45) is 17.3 Å². The van der Waals surface area contributed by atoms with E-state index in [0.717, 1.165) is 51.6 Å². The summed E-state index contributed by atoms with van der Waals surface area (Å²) in [5.74, 6) is 1.55. The van der Waals surface area contributed by atoms with Crippen LogP contribution in [0.25, 0.3) is 0 Å². The van der Waals surface area contributed by atoms with Crippen LogP contribution in [0, 0.1) is 17.3 Å². The standard InChI is InChI=1S/C20H35N3O2/c1-15-12-22(13-16(2)25-15)14-17-3-9-23(10-4-17)19(24)18-11-20(18)5-7-21-8-6-20/h15-18,21H,3-14H2,1-2H3. The van der Waals surface area contributed by atoms with Crippen molar-refractivity contribution >= 4 is 5.91 Å². The summed E-state index contributed by atoms with van der Waals surface area (Å²) < 4.78 is 5.84. The molecule has 1 saturated carbocycles. The minimum absolute atomic E-state index is 0.340. The number of nitrogens with one attached hydrogen (secondary N) is 1. The molecular formula is C20H35N3O2. The van der Waals surface area contributed by atoms with Crippen molar-refractivity contribution in [3.05, 3.63) is 0 Å². The first-order valence-electron chi connectivity index (χ1n) is 10.4.